The number of aliphatic hydroxyl groups excluding tert-OH is 2. The number of rotatable bonds is 12. The summed E-state index contributed by atoms with van der Waals surface area (Å²) in [5.74, 6) is -1.97. The maximum Gasteiger partial charge on any atom is 0.305 e. The van der Waals surface area contributed by atoms with Crippen LogP contribution in [0.15, 0.2) is 78.9 Å². The topological polar surface area (TPSA) is 136 Å². The third-order valence-electron chi connectivity index (χ3n) is 7.15. The van der Waals surface area contributed by atoms with Crippen molar-refractivity contribution in [3.05, 3.63) is 102 Å². The van der Waals surface area contributed by atoms with Crippen molar-refractivity contribution in [3.8, 4) is 28.3 Å². The Morgan fingerprint density at radius 3 is 2.20 bits per heavy atom. The second-order valence-electron chi connectivity index (χ2n) is 10.7. The standard InChI is InChI=1S/C34H34FN3O5.Na/c1-21(2)38-29(16-15-27(39)18-28(40)19-30(41)42)31(24-11-13-25(35)14-12-24)32(23-8-4-3-5-9-23)33(38)34(43)37-26-10-6-7-22(17-26)20-36;/h3-14,17,21,27-28,39-40H,15-16,18-19H2,1-2H3,(H,37,43)(H,41,42);/t27-,28-;/m1./s1. The van der Waals surface area contributed by atoms with Gasteiger partial charge in [-0.25, -0.2) is 4.39 Å². The number of aliphatic hydroxyl groups is 2. The zero-order valence-electron chi connectivity index (χ0n) is 25.0. The number of anilines is 1. The van der Waals surface area contributed by atoms with E-state index in [0.717, 1.165) is 11.3 Å². The van der Waals surface area contributed by atoms with Crippen molar-refractivity contribution in [1.29, 1.82) is 5.26 Å². The van der Waals surface area contributed by atoms with Gasteiger partial charge in [-0.05, 0) is 74.6 Å². The SMILES string of the molecule is CC(C)n1c(CC[C@@H](O)C[C@@H](O)CC(=O)O)c(-c2ccc(F)cc2)c(-c2ccccc2)c1C(=O)Nc1cccc(C#N)c1.[Na]. The van der Waals surface area contributed by atoms with Crippen molar-refractivity contribution in [2.45, 2.75) is 57.8 Å². The average molecular weight is 607 g/mol. The molecule has 0 aliphatic rings. The zero-order valence-corrected chi connectivity index (χ0v) is 27.0. The predicted molar refractivity (Wildman–Crippen MR) is 168 cm³/mol. The summed E-state index contributed by atoms with van der Waals surface area (Å²) in [6.45, 7) is 3.87. The minimum atomic E-state index is -1.20. The first kappa shape index (κ1) is 34.7. The third-order valence-corrected chi connectivity index (χ3v) is 7.15. The molecule has 0 unspecified atom stereocenters. The number of halogens is 1. The minimum Gasteiger partial charge on any atom is -0.481 e. The number of hydrogen-bond acceptors (Lipinski definition) is 5. The Bertz CT molecular complexity index is 1630. The molecule has 223 valence electrons. The number of nitrogens with one attached hydrogen (secondary N) is 1. The van der Waals surface area contributed by atoms with Crippen LogP contribution in [-0.2, 0) is 11.2 Å². The molecule has 0 fully saturated rings. The summed E-state index contributed by atoms with van der Waals surface area (Å²) in [5, 5.41) is 42.1. The largest absolute Gasteiger partial charge is 0.481 e. The van der Waals surface area contributed by atoms with Crippen LogP contribution >= 0.6 is 0 Å². The zero-order chi connectivity index (χ0) is 31.1. The van der Waals surface area contributed by atoms with Gasteiger partial charge in [0.25, 0.3) is 5.91 Å². The number of aliphatic carboxylic acids is 1. The van der Waals surface area contributed by atoms with Gasteiger partial charge in [0.15, 0.2) is 0 Å². The number of hydrogen-bond donors (Lipinski definition) is 4. The Balaban J connectivity index is 0.00000529. The summed E-state index contributed by atoms with van der Waals surface area (Å²) >= 11 is 0. The van der Waals surface area contributed by atoms with Gasteiger partial charge in [0.2, 0.25) is 0 Å². The number of amides is 1. The Hall–Kier alpha value is -3.78. The van der Waals surface area contributed by atoms with E-state index >= 15 is 0 Å². The van der Waals surface area contributed by atoms with Gasteiger partial charge in [-0.15, -0.1) is 0 Å². The molecule has 1 aromatic heterocycles. The molecule has 4 rings (SSSR count). The fraction of sp³-hybridized carbons (Fsp3) is 0.265. The molecule has 10 heteroatoms. The molecule has 2 atom stereocenters. The summed E-state index contributed by atoms with van der Waals surface area (Å²) in [5.41, 5.74) is 4.70. The van der Waals surface area contributed by atoms with Crippen molar-refractivity contribution >= 4 is 47.1 Å². The minimum absolute atomic E-state index is 0. The van der Waals surface area contributed by atoms with Crippen LogP contribution in [0.1, 0.15) is 60.9 Å². The maximum absolute atomic E-state index is 14.2. The number of nitrogens with zero attached hydrogens (tertiary/aromatic N) is 2. The number of benzene rings is 3. The van der Waals surface area contributed by atoms with Gasteiger partial charge in [0.1, 0.15) is 11.5 Å². The maximum atomic E-state index is 14.2. The van der Waals surface area contributed by atoms with Crippen LogP contribution in [0, 0.1) is 17.1 Å². The van der Waals surface area contributed by atoms with Crippen LogP contribution in [0.4, 0.5) is 10.1 Å². The number of carboxylic acid groups (broad SMARTS) is 1. The molecule has 4 N–H and O–H groups in total. The van der Waals surface area contributed by atoms with E-state index in [1.165, 1.54) is 12.1 Å². The molecule has 1 heterocycles. The summed E-state index contributed by atoms with van der Waals surface area (Å²) < 4.78 is 16.0. The number of carbonyl (C=O) groups excluding carboxylic acids is 1. The molecule has 0 spiro atoms. The van der Waals surface area contributed by atoms with E-state index in [9.17, 15) is 29.5 Å². The van der Waals surface area contributed by atoms with Crippen LogP contribution in [0.2, 0.25) is 0 Å². The van der Waals surface area contributed by atoms with E-state index < -0.39 is 36.3 Å². The summed E-state index contributed by atoms with van der Waals surface area (Å²) in [6, 6.07) is 23.9. The average Bonchev–Trinajstić information content (AvgIpc) is 3.32. The van der Waals surface area contributed by atoms with Crippen molar-refractivity contribution in [3.63, 3.8) is 0 Å². The van der Waals surface area contributed by atoms with Gasteiger partial charge < -0.3 is 25.2 Å². The fourth-order valence-corrected chi connectivity index (χ4v) is 5.37. The first-order chi connectivity index (χ1) is 20.6. The number of carboxylic acids is 1. The van der Waals surface area contributed by atoms with E-state index in [0.29, 0.717) is 33.6 Å². The molecule has 0 saturated carbocycles. The number of carbonyl (C=O) groups is 2. The molecule has 1 amide bonds. The van der Waals surface area contributed by atoms with Crippen molar-refractivity contribution in [2.75, 3.05) is 5.32 Å². The summed E-state index contributed by atoms with van der Waals surface area (Å²) in [4.78, 5) is 25.2. The third kappa shape index (κ3) is 8.44. The van der Waals surface area contributed by atoms with E-state index in [2.05, 4.69) is 11.4 Å². The van der Waals surface area contributed by atoms with E-state index in [-0.39, 0.29) is 54.9 Å². The molecular weight excluding hydrogens is 572 g/mol. The molecule has 8 nitrogen and oxygen atoms in total. The molecular formula is C34H34FN3NaO5. The van der Waals surface area contributed by atoms with Gasteiger partial charge in [-0.1, -0.05) is 48.5 Å². The molecule has 1 radical (unpaired) electrons. The normalized spacial score (nSPS) is 12.2. The summed E-state index contributed by atoms with van der Waals surface area (Å²) in [7, 11) is 0. The predicted octanol–water partition coefficient (Wildman–Crippen LogP) is 5.80. The van der Waals surface area contributed by atoms with Crippen LogP contribution in [0.25, 0.3) is 22.3 Å². The molecule has 0 bridgehead atoms. The molecule has 0 aliphatic carbocycles. The molecule has 0 aliphatic heterocycles. The van der Waals surface area contributed by atoms with E-state index in [1.807, 2.05) is 48.7 Å². The van der Waals surface area contributed by atoms with Crippen molar-refractivity contribution in [1.82, 2.24) is 4.57 Å². The van der Waals surface area contributed by atoms with E-state index in [4.69, 9.17) is 5.11 Å². The van der Waals surface area contributed by atoms with E-state index in [1.54, 1.807) is 36.4 Å². The Morgan fingerprint density at radius 2 is 1.59 bits per heavy atom. The molecule has 4 aromatic rings. The fourth-order valence-electron chi connectivity index (χ4n) is 5.37. The van der Waals surface area contributed by atoms with Crippen molar-refractivity contribution in [2.24, 2.45) is 0 Å². The monoisotopic (exact) mass is 606 g/mol. The van der Waals surface area contributed by atoms with Crippen LogP contribution in [0.3, 0.4) is 0 Å². The number of nitriles is 1. The second kappa shape index (κ2) is 15.8. The van der Waals surface area contributed by atoms with Gasteiger partial charge >= 0.3 is 5.97 Å². The number of aromatic nitrogens is 1. The smallest absolute Gasteiger partial charge is 0.305 e. The van der Waals surface area contributed by atoms with Crippen LogP contribution in [-0.4, -0.2) is 73.5 Å². The first-order valence-corrected chi connectivity index (χ1v) is 14.1. The van der Waals surface area contributed by atoms with Gasteiger partial charge in [-0.2, -0.15) is 5.26 Å². The molecule has 0 saturated heterocycles. The van der Waals surface area contributed by atoms with Crippen LogP contribution in [0.5, 0.6) is 0 Å². The summed E-state index contributed by atoms with van der Waals surface area (Å²) in [6.07, 6.45) is -2.34. The van der Waals surface area contributed by atoms with Gasteiger partial charge in [-0.3, -0.25) is 9.59 Å². The van der Waals surface area contributed by atoms with Crippen molar-refractivity contribution < 1.29 is 29.3 Å². The Labute approximate surface area is 278 Å². The van der Waals surface area contributed by atoms with Gasteiger partial charge in [0, 0.05) is 58.1 Å². The quantitative estimate of drug-likeness (QED) is 0.151. The van der Waals surface area contributed by atoms with Crippen LogP contribution < -0.4 is 5.32 Å². The Kier molecular flexibility index (Phi) is 12.5. The Morgan fingerprint density at radius 1 is 0.932 bits per heavy atom. The molecule has 3 aromatic carbocycles. The molecule has 44 heavy (non-hydrogen) atoms. The first-order valence-electron chi connectivity index (χ1n) is 14.1. The van der Waals surface area contributed by atoms with Gasteiger partial charge in [0.05, 0.1) is 30.3 Å². The second-order valence-corrected chi connectivity index (χ2v) is 10.7.